The van der Waals surface area contributed by atoms with Crippen molar-refractivity contribution in [3.8, 4) is 10.4 Å². The van der Waals surface area contributed by atoms with E-state index in [0.29, 0.717) is 10.7 Å². The van der Waals surface area contributed by atoms with E-state index in [2.05, 4.69) is 5.32 Å². The molecule has 27 heavy (non-hydrogen) atoms. The van der Waals surface area contributed by atoms with Gasteiger partial charge < -0.3 is 10.1 Å². The molecule has 1 saturated heterocycles. The first-order valence-electron chi connectivity index (χ1n) is 8.37. The normalized spacial score (nSPS) is 18.2. The molecule has 1 aromatic carbocycles. The van der Waals surface area contributed by atoms with Crippen molar-refractivity contribution >= 4 is 50.3 Å². The lowest BCUT2D eigenvalue weighted by molar-refractivity contribution is -0.119. The van der Waals surface area contributed by atoms with Crippen LogP contribution in [0.2, 0.25) is 5.02 Å². The summed E-state index contributed by atoms with van der Waals surface area (Å²) in [4.78, 5) is 25.8. The molecule has 1 aliphatic heterocycles. The van der Waals surface area contributed by atoms with Gasteiger partial charge in [0, 0.05) is 9.90 Å². The van der Waals surface area contributed by atoms with Gasteiger partial charge in [0.25, 0.3) is 0 Å². The summed E-state index contributed by atoms with van der Waals surface area (Å²) in [5.74, 6) is -1.69. The van der Waals surface area contributed by atoms with Crippen molar-refractivity contribution in [2.75, 3.05) is 23.4 Å². The van der Waals surface area contributed by atoms with Crippen molar-refractivity contribution in [1.82, 2.24) is 0 Å². The van der Waals surface area contributed by atoms with Crippen LogP contribution < -0.4 is 5.32 Å². The average molecular weight is 428 g/mol. The van der Waals surface area contributed by atoms with Gasteiger partial charge in [-0.1, -0.05) is 23.7 Å². The maximum Gasteiger partial charge on any atom is 0.350 e. The number of sulfone groups is 1. The second kappa shape index (κ2) is 8.00. The van der Waals surface area contributed by atoms with Crippen LogP contribution in [0.15, 0.2) is 30.3 Å². The molecule has 0 radical (unpaired) electrons. The Morgan fingerprint density at radius 1 is 1.30 bits per heavy atom. The van der Waals surface area contributed by atoms with Gasteiger partial charge in [0.2, 0.25) is 5.91 Å². The van der Waals surface area contributed by atoms with Crippen molar-refractivity contribution < 1.29 is 22.7 Å². The van der Waals surface area contributed by atoms with Gasteiger partial charge in [0.1, 0.15) is 4.88 Å². The standard InChI is InChI=1S/C18H18ClNO5S2/c1-2-25-18(22)16-14(20-17(21)12-7-8-27(23,24)10-12)9-15(26-16)11-3-5-13(19)6-4-11/h3-6,9,12H,2,7-8,10H2,1H3,(H,20,21)/t12-/m0/s1. The molecule has 9 heteroatoms. The zero-order chi connectivity index (χ0) is 19.6. The number of carbonyl (C=O) groups is 2. The highest BCUT2D eigenvalue weighted by atomic mass is 35.5. The summed E-state index contributed by atoms with van der Waals surface area (Å²) in [6, 6.07) is 8.81. The molecule has 144 valence electrons. The lowest BCUT2D eigenvalue weighted by Crippen LogP contribution is -2.24. The fourth-order valence-corrected chi connectivity index (χ4v) is 5.71. The monoisotopic (exact) mass is 427 g/mol. The van der Waals surface area contributed by atoms with Crippen molar-refractivity contribution in [2.24, 2.45) is 5.92 Å². The number of anilines is 1. The van der Waals surface area contributed by atoms with Gasteiger partial charge in [-0.3, -0.25) is 4.79 Å². The number of rotatable bonds is 5. The van der Waals surface area contributed by atoms with Crippen molar-refractivity contribution in [1.29, 1.82) is 0 Å². The summed E-state index contributed by atoms with van der Waals surface area (Å²) in [6.45, 7) is 1.91. The number of ether oxygens (including phenoxy) is 1. The largest absolute Gasteiger partial charge is 0.462 e. The molecule has 3 rings (SSSR count). The highest BCUT2D eigenvalue weighted by molar-refractivity contribution is 7.91. The summed E-state index contributed by atoms with van der Waals surface area (Å²) in [5.41, 5.74) is 1.18. The minimum Gasteiger partial charge on any atom is -0.462 e. The Kier molecular flexibility index (Phi) is 5.88. The third kappa shape index (κ3) is 4.69. The first kappa shape index (κ1) is 19.9. The Hall–Kier alpha value is -1.90. The lowest BCUT2D eigenvalue weighted by atomic mass is 10.1. The van der Waals surface area contributed by atoms with Gasteiger partial charge >= 0.3 is 5.97 Å². The Labute approximate surface area is 166 Å². The molecular formula is C18H18ClNO5S2. The van der Waals surface area contributed by atoms with Crippen LogP contribution >= 0.6 is 22.9 Å². The van der Waals surface area contributed by atoms with Gasteiger partial charge in [-0.2, -0.15) is 0 Å². The molecule has 1 aliphatic rings. The van der Waals surface area contributed by atoms with Crippen LogP contribution in [0.3, 0.4) is 0 Å². The predicted octanol–water partition coefficient (Wildman–Crippen LogP) is 3.62. The number of halogens is 1. The maximum absolute atomic E-state index is 12.5. The van der Waals surface area contributed by atoms with Crippen LogP contribution in [0.1, 0.15) is 23.0 Å². The number of benzene rings is 1. The minimum atomic E-state index is -3.17. The van der Waals surface area contributed by atoms with Crippen LogP contribution in [0.5, 0.6) is 0 Å². The predicted molar refractivity (Wildman–Crippen MR) is 106 cm³/mol. The van der Waals surface area contributed by atoms with Gasteiger partial charge in [-0.15, -0.1) is 11.3 Å². The van der Waals surface area contributed by atoms with E-state index in [1.165, 1.54) is 11.3 Å². The molecule has 1 atom stereocenters. The molecule has 0 spiro atoms. The molecule has 2 heterocycles. The number of hydrogen-bond donors (Lipinski definition) is 1. The number of esters is 1. The average Bonchev–Trinajstić information content (AvgIpc) is 3.19. The first-order chi connectivity index (χ1) is 12.8. The molecule has 6 nitrogen and oxygen atoms in total. The second-order valence-corrected chi connectivity index (χ2v) is 9.89. The second-order valence-electron chi connectivity index (χ2n) is 6.17. The Balaban J connectivity index is 1.89. The molecular weight excluding hydrogens is 410 g/mol. The molecule has 0 saturated carbocycles. The van der Waals surface area contributed by atoms with Crippen LogP contribution in [0.25, 0.3) is 10.4 Å². The minimum absolute atomic E-state index is 0.00941. The number of nitrogens with one attached hydrogen (secondary N) is 1. The Morgan fingerprint density at radius 3 is 2.59 bits per heavy atom. The number of amides is 1. The van der Waals surface area contributed by atoms with Crippen LogP contribution in [-0.4, -0.2) is 38.4 Å². The maximum atomic E-state index is 12.5. The zero-order valence-electron chi connectivity index (χ0n) is 14.5. The number of thiophene rings is 1. The smallest absolute Gasteiger partial charge is 0.350 e. The van der Waals surface area contributed by atoms with Crippen LogP contribution in [0, 0.1) is 5.92 Å². The van der Waals surface area contributed by atoms with E-state index in [0.717, 1.165) is 10.4 Å². The third-order valence-corrected chi connectivity index (χ3v) is 7.37. The highest BCUT2D eigenvalue weighted by Crippen LogP contribution is 2.36. The summed E-state index contributed by atoms with van der Waals surface area (Å²) in [7, 11) is -3.17. The summed E-state index contributed by atoms with van der Waals surface area (Å²) < 4.78 is 28.3. The van der Waals surface area contributed by atoms with Gasteiger partial charge in [-0.05, 0) is 37.1 Å². The van der Waals surface area contributed by atoms with Gasteiger partial charge in [-0.25, -0.2) is 13.2 Å². The van der Waals surface area contributed by atoms with E-state index in [9.17, 15) is 18.0 Å². The quantitative estimate of drug-likeness (QED) is 0.736. The molecule has 2 aromatic rings. The van der Waals surface area contributed by atoms with E-state index < -0.39 is 27.6 Å². The first-order valence-corrected chi connectivity index (χ1v) is 11.4. The lowest BCUT2D eigenvalue weighted by Gasteiger charge is -2.09. The highest BCUT2D eigenvalue weighted by Gasteiger charge is 2.33. The zero-order valence-corrected chi connectivity index (χ0v) is 16.9. The molecule has 1 N–H and O–H groups in total. The van der Waals surface area contributed by atoms with E-state index in [1.807, 2.05) is 12.1 Å². The third-order valence-electron chi connectivity index (χ3n) is 4.18. The van der Waals surface area contributed by atoms with Crippen molar-refractivity contribution in [2.45, 2.75) is 13.3 Å². The SMILES string of the molecule is CCOC(=O)c1sc(-c2ccc(Cl)cc2)cc1NC(=O)[C@H]1CCS(=O)(=O)C1. The molecule has 0 aliphatic carbocycles. The number of carbonyl (C=O) groups excluding carboxylic acids is 2. The Morgan fingerprint density at radius 2 is 2.00 bits per heavy atom. The van der Waals surface area contributed by atoms with Crippen LogP contribution in [0.4, 0.5) is 5.69 Å². The molecule has 1 fully saturated rings. The van der Waals surface area contributed by atoms with Gasteiger partial charge in [0.05, 0.1) is 29.7 Å². The van der Waals surface area contributed by atoms with E-state index in [-0.39, 0.29) is 29.4 Å². The van der Waals surface area contributed by atoms with Crippen LogP contribution in [-0.2, 0) is 19.4 Å². The molecule has 0 unspecified atom stereocenters. The summed E-state index contributed by atoms with van der Waals surface area (Å²) in [5, 5.41) is 3.31. The van der Waals surface area contributed by atoms with E-state index >= 15 is 0 Å². The summed E-state index contributed by atoms with van der Waals surface area (Å²) >= 11 is 7.12. The topological polar surface area (TPSA) is 89.5 Å². The van der Waals surface area contributed by atoms with Gasteiger partial charge in [0.15, 0.2) is 9.84 Å². The van der Waals surface area contributed by atoms with Crippen molar-refractivity contribution in [3.63, 3.8) is 0 Å². The molecule has 0 bridgehead atoms. The fraction of sp³-hybridized carbons (Fsp3) is 0.333. The number of hydrogen-bond acceptors (Lipinski definition) is 6. The van der Waals surface area contributed by atoms with E-state index in [1.54, 1.807) is 25.1 Å². The fourth-order valence-electron chi connectivity index (χ4n) is 2.83. The van der Waals surface area contributed by atoms with E-state index in [4.69, 9.17) is 16.3 Å². The summed E-state index contributed by atoms with van der Waals surface area (Å²) in [6.07, 6.45) is 0.289. The Bertz CT molecular complexity index is 966. The van der Waals surface area contributed by atoms with Crippen molar-refractivity contribution in [3.05, 3.63) is 40.2 Å². The molecule has 1 amide bonds. The molecule has 1 aromatic heterocycles.